The third-order valence-electron chi connectivity index (χ3n) is 3.43. The van der Waals surface area contributed by atoms with Crippen LogP contribution in [0.4, 0.5) is 0 Å². The number of thioether (sulfide) groups is 1. The Hall–Kier alpha value is -1.82. The van der Waals surface area contributed by atoms with Gasteiger partial charge in [0.05, 0.1) is 7.11 Å². The Labute approximate surface area is 127 Å². The van der Waals surface area contributed by atoms with Crippen LogP contribution in [0.15, 0.2) is 35.5 Å². The van der Waals surface area contributed by atoms with Crippen LogP contribution < -0.4 is 0 Å². The lowest BCUT2D eigenvalue weighted by molar-refractivity contribution is -0.139. The molecule has 1 atom stereocenters. The summed E-state index contributed by atoms with van der Waals surface area (Å²) in [5.74, 6) is 1.22. The normalized spacial score (nSPS) is 15.7. The fraction of sp³-hybridized carbons (Fsp3) is 0.400. The third-order valence-corrected chi connectivity index (χ3v) is 4.45. The van der Waals surface area contributed by atoms with Crippen molar-refractivity contribution in [3.05, 3.63) is 36.2 Å². The van der Waals surface area contributed by atoms with Crippen LogP contribution in [0.5, 0.6) is 0 Å². The van der Waals surface area contributed by atoms with Gasteiger partial charge in [-0.3, -0.25) is 9.36 Å². The summed E-state index contributed by atoms with van der Waals surface area (Å²) in [6.07, 6.45) is 2.31. The molecule has 6 heteroatoms. The van der Waals surface area contributed by atoms with Gasteiger partial charge >= 0.3 is 5.97 Å². The fourth-order valence-corrected chi connectivity index (χ4v) is 3.06. The number of methoxy groups -OCH3 is 1. The average Bonchev–Trinajstić information content (AvgIpc) is 3.28. The number of hydrogen-bond donors (Lipinski definition) is 0. The standard InChI is InChI=1S/C15H17N3O2S/c1-10(14(19)20-2)21-15-17-16-13(11-8-9-11)18(15)12-6-4-3-5-7-12/h3-7,10-11H,8-9H2,1-2H3. The predicted octanol–water partition coefficient (Wildman–Crippen LogP) is 2.80. The van der Waals surface area contributed by atoms with Crippen LogP contribution >= 0.6 is 11.8 Å². The lowest BCUT2D eigenvalue weighted by Gasteiger charge is -2.12. The summed E-state index contributed by atoms with van der Waals surface area (Å²) < 4.78 is 6.84. The van der Waals surface area contributed by atoms with E-state index in [-0.39, 0.29) is 11.2 Å². The largest absolute Gasteiger partial charge is 0.468 e. The topological polar surface area (TPSA) is 57.0 Å². The Morgan fingerprint density at radius 2 is 2.05 bits per heavy atom. The van der Waals surface area contributed by atoms with E-state index in [1.807, 2.05) is 37.3 Å². The maximum Gasteiger partial charge on any atom is 0.318 e. The lowest BCUT2D eigenvalue weighted by Crippen LogP contribution is -2.15. The van der Waals surface area contributed by atoms with E-state index < -0.39 is 0 Å². The first-order valence-electron chi connectivity index (χ1n) is 6.96. The molecule has 1 aliphatic carbocycles. The van der Waals surface area contributed by atoms with Crippen LogP contribution in [0.2, 0.25) is 0 Å². The van der Waals surface area contributed by atoms with E-state index in [0.29, 0.717) is 5.92 Å². The average molecular weight is 303 g/mol. The molecule has 1 fully saturated rings. The molecule has 0 radical (unpaired) electrons. The van der Waals surface area contributed by atoms with Crippen molar-refractivity contribution < 1.29 is 9.53 Å². The highest BCUT2D eigenvalue weighted by Gasteiger charge is 2.31. The zero-order valence-corrected chi connectivity index (χ0v) is 12.8. The minimum atomic E-state index is -0.311. The van der Waals surface area contributed by atoms with Crippen molar-refractivity contribution in [2.45, 2.75) is 36.1 Å². The third kappa shape index (κ3) is 2.95. The Morgan fingerprint density at radius 3 is 2.67 bits per heavy atom. The summed E-state index contributed by atoms with van der Waals surface area (Å²) in [5, 5.41) is 9.04. The van der Waals surface area contributed by atoms with E-state index in [4.69, 9.17) is 4.74 Å². The molecule has 0 spiro atoms. The second-order valence-electron chi connectivity index (χ2n) is 5.07. The lowest BCUT2D eigenvalue weighted by atomic mass is 10.3. The molecule has 1 aliphatic rings. The Balaban J connectivity index is 1.95. The molecule has 1 saturated carbocycles. The minimum absolute atomic E-state index is 0.254. The molecule has 2 aromatic rings. The van der Waals surface area contributed by atoms with E-state index in [9.17, 15) is 4.79 Å². The molecule has 0 N–H and O–H groups in total. The van der Waals surface area contributed by atoms with Crippen LogP contribution in [0, 0.1) is 0 Å². The molecule has 0 saturated heterocycles. The first-order chi connectivity index (χ1) is 10.2. The SMILES string of the molecule is COC(=O)C(C)Sc1nnc(C2CC2)n1-c1ccccc1. The van der Waals surface area contributed by atoms with Gasteiger partial charge in [0, 0.05) is 11.6 Å². The molecule has 3 rings (SSSR count). The quantitative estimate of drug-likeness (QED) is 0.628. The maximum atomic E-state index is 11.6. The zero-order valence-electron chi connectivity index (χ0n) is 12.0. The Morgan fingerprint density at radius 1 is 1.33 bits per heavy atom. The van der Waals surface area contributed by atoms with Gasteiger partial charge in [-0.2, -0.15) is 0 Å². The number of aromatic nitrogens is 3. The fourth-order valence-electron chi connectivity index (χ4n) is 2.16. The molecule has 1 aromatic carbocycles. The highest BCUT2D eigenvalue weighted by Crippen LogP contribution is 2.41. The summed E-state index contributed by atoms with van der Waals surface area (Å²) in [6.45, 7) is 1.82. The van der Waals surface area contributed by atoms with Crippen LogP contribution in [0.3, 0.4) is 0 Å². The van der Waals surface area contributed by atoms with E-state index in [2.05, 4.69) is 14.8 Å². The van der Waals surface area contributed by atoms with E-state index in [0.717, 1.165) is 29.5 Å². The van der Waals surface area contributed by atoms with Gasteiger partial charge in [0.1, 0.15) is 11.1 Å². The number of hydrogen-bond acceptors (Lipinski definition) is 5. The number of para-hydroxylation sites is 1. The molecule has 0 amide bonds. The van der Waals surface area contributed by atoms with Gasteiger partial charge in [0.2, 0.25) is 0 Å². The van der Waals surface area contributed by atoms with Crippen LogP contribution in [-0.2, 0) is 9.53 Å². The molecular formula is C15H17N3O2S. The molecule has 21 heavy (non-hydrogen) atoms. The van der Waals surface area contributed by atoms with Crippen molar-refractivity contribution in [3.8, 4) is 5.69 Å². The van der Waals surface area contributed by atoms with Crippen molar-refractivity contribution >= 4 is 17.7 Å². The van der Waals surface area contributed by atoms with E-state index in [1.165, 1.54) is 18.9 Å². The number of carbonyl (C=O) groups is 1. The number of benzene rings is 1. The smallest absolute Gasteiger partial charge is 0.318 e. The van der Waals surface area contributed by atoms with Gasteiger partial charge in [-0.1, -0.05) is 30.0 Å². The van der Waals surface area contributed by atoms with Crippen molar-refractivity contribution in [1.29, 1.82) is 0 Å². The molecule has 1 unspecified atom stereocenters. The number of ether oxygens (including phenoxy) is 1. The monoisotopic (exact) mass is 303 g/mol. The number of carbonyl (C=O) groups excluding carboxylic acids is 1. The number of esters is 1. The molecule has 0 bridgehead atoms. The first-order valence-corrected chi connectivity index (χ1v) is 7.84. The van der Waals surface area contributed by atoms with Crippen LogP contribution in [0.25, 0.3) is 5.69 Å². The van der Waals surface area contributed by atoms with Crippen molar-refractivity contribution in [1.82, 2.24) is 14.8 Å². The summed E-state index contributed by atoms with van der Waals surface area (Å²) in [4.78, 5) is 11.6. The molecule has 0 aliphatic heterocycles. The highest BCUT2D eigenvalue weighted by atomic mass is 32.2. The first kappa shape index (κ1) is 14.1. The molecular weight excluding hydrogens is 286 g/mol. The van der Waals surface area contributed by atoms with E-state index >= 15 is 0 Å². The minimum Gasteiger partial charge on any atom is -0.468 e. The zero-order chi connectivity index (χ0) is 14.8. The van der Waals surface area contributed by atoms with Gasteiger partial charge < -0.3 is 4.74 Å². The van der Waals surface area contributed by atoms with Gasteiger partial charge in [-0.15, -0.1) is 10.2 Å². The van der Waals surface area contributed by atoms with Crippen LogP contribution in [0.1, 0.15) is 31.5 Å². The number of rotatable bonds is 5. The molecule has 5 nitrogen and oxygen atoms in total. The second-order valence-corrected chi connectivity index (χ2v) is 6.38. The van der Waals surface area contributed by atoms with Crippen molar-refractivity contribution in [3.63, 3.8) is 0 Å². The highest BCUT2D eigenvalue weighted by molar-refractivity contribution is 8.00. The second kappa shape index (κ2) is 5.89. The van der Waals surface area contributed by atoms with Crippen molar-refractivity contribution in [2.24, 2.45) is 0 Å². The Kier molecular flexibility index (Phi) is 3.96. The summed E-state index contributed by atoms with van der Waals surface area (Å²) in [6, 6.07) is 10.0. The maximum absolute atomic E-state index is 11.6. The summed E-state index contributed by atoms with van der Waals surface area (Å²) >= 11 is 1.38. The van der Waals surface area contributed by atoms with Gasteiger partial charge in [-0.05, 0) is 31.9 Å². The number of nitrogens with zero attached hydrogens (tertiary/aromatic N) is 3. The Bertz CT molecular complexity index is 638. The van der Waals surface area contributed by atoms with Crippen LogP contribution in [-0.4, -0.2) is 33.1 Å². The predicted molar refractivity (Wildman–Crippen MR) is 80.7 cm³/mol. The van der Waals surface area contributed by atoms with Gasteiger partial charge in [0.25, 0.3) is 0 Å². The van der Waals surface area contributed by atoms with E-state index in [1.54, 1.807) is 0 Å². The van der Waals surface area contributed by atoms with Gasteiger partial charge in [-0.25, -0.2) is 0 Å². The molecule has 1 heterocycles. The molecule has 1 aromatic heterocycles. The molecule has 110 valence electrons. The van der Waals surface area contributed by atoms with Gasteiger partial charge in [0.15, 0.2) is 5.16 Å². The summed E-state index contributed by atoms with van der Waals surface area (Å²) in [5.41, 5.74) is 1.03. The summed E-state index contributed by atoms with van der Waals surface area (Å²) in [7, 11) is 1.40. The van der Waals surface area contributed by atoms with Crippen molar-refractivity contribution in [2.75, 3.05) is 7.11 Å².